The van der Waals surface area contributed by atoms with E-state index in [1.165, 1.54) is 30.3 Å². The average molecular weight is 515 g/mol. The zero-order chi connectivity index (χ0) is 26.3. The van der Waals surface area contributed by atoms with E-state index in [0.29, 0.717) is 17.1 Å². The molecule has 0 radical (unpaired) electrons. The summed E-state index contributed by atoms with van der Waals surface area (Å²) in [5.41, 5.74) is 3.24. The molecule has 0 atom stereocenters. The van der Waals surface area contributed by atoms with Gasteiger partial charge in [0.05, 0.1) is 10.6 Å². The zero-order valence-electron chi connectivity index (χ0n) is 19.5. The molecule has 1 fully saturated rings. The van der Waals surface area contributed by atoms with Crippen molar-refractivity contribution in [1.29, 1.82) is 0 Å². The number of anilines is 1. The molecule has 2 heterocycles. The highest BCUT2D eigenvalue weighted by Gasteiger charge is 2.37. The Morgan fingerprint density at radius 2 is 1.65 bits per heavy atom. The fourth-order valence-corrected chi connectivity index (χ4v) is 4.50. The average Bonchev–Trinajstić information content (AvgIpc) is 3.13. The normalized spacial score (nSPS) is 14.9. The number of halogens is 1. The standard InChI is InChI=1S/C27H19ClN4O5/c1-16-22(14-23-25(33)29-27(35)31(26(23)34)19-12-8-18(28)9-13-19)21-4-2-3-5-24(21)30(16)15-17-6-10-20(11-7-17)32(36)37/h2-14H,15H2,1H3,(H,29,33,35)/b23-14+. The molecule has 9 nitrogen and oxygen atoms in total. The van der Waals surface area contributed by atoms with Crippen LogP contribution in [-0.4, -0.2) is 27.3 Å². The molecule has 37 heavy (non-hydrogen) atoms. The Bertz CT molecular complexity index is 1620. The van der Waals surface area contributed by atoms with Crippen LogP contribution in [0.1, 0.15) is 16.8 Å². The summed E-state index contributed by atoms with van der Waals surface area (Å²) in [6.45, 7) is 2.29. The molecule has 4 aromatic rings. The number of urea groups is 1. The van der Waals surface area contributed by atoms with Gasteiger partial charge in [-0.25, -0.2) is 9.69 Å². The quantitative estimate of drug-likeness (QED) is 0.169. The van der Waals surface area contributed by atoms with Crippen molar-refractivity contribution in [2.75, 3.05) is 4.90 Å². The van der Waals surface area contributed by atoms with Gasteiger partial charge in [-0.3, -0.25) is 25.0 Å². The van der Waals surface area contributed by atoms with Crippen LogP contribution in [0.5, 0.6) is 0 Å². The highest BCUT2D eigenvalue weighted by atomic mass is 35.5. The Hall–Kier alpha value is -4.76. The number of carbonyl (C=O) groups is 3. The second kappa shape index (κ2) is 9.36. The van der Waals surface area contributed by atoms with E-state index >= 15 is 0 Å². The number of rotatable bonds is 5. The van der Waals surface area contributed by atoms with Crippen molar-refractivity contribution in [1.82, 2.24) is 9.88 Å². The number of aromatic nitrogens is 1. The third-order valence-electron chi connectivity index (χ3n) is 6.24. The van der Waals surface area contributed by atoms with Crippen molar-refractivity contribution in [3.05, 3.63) is 110 Å². The van der Waals surface area contributed by atoms with E-state index in [-0.39, 0.29) is 16.9 Å². The summed E-state index contributed by atoms with van der Waals surface area (Å²) in [6.07, 6.45) is 1.50. The first-order chi connectivity index (χ1) is 17.7. The van der Waals surface area contributed by atoms with E-state index in [1.54, 1.807) is 24.3 Å². The Balaban J connectivity index is 1.58. The van der Waals surface area contributed by atoms with Gasteiger partial charge in [0.2, 0.25) is 0 Å². The lowest BCUT2D eigenvalue weighted by molar-refractivity contribution is -0.384. The highest BCUT2D eigenvalue weighted by molar-refractivity contribution is 6.39. The lowest BCUT2D eigenvalue weighted by Crippen LogP contribution is -2.54. The van der Waals surface area contributed by atoms with Crippen LogP contribution in [0.4, 0.5) is 16.2 Å². The smallest absolute Gasteiger partial charge is 0.335 e. The Morgan fingerprint density at radius 3 is 2.32 bits per heavy atom. The molecule has 3 aromatic carbocycles. The van der Waals surface area contributed by atoms with Crippen molar-refractivity contribution >= 4 is 57.8 Å². The number of para-hydroxylation sites is 1. The molecule has 0 aliphatic carbocycles. The molecule has 1 N–H and O–H groups in total. The predicted molar refractivity (Wildman–Crippen MR) is 139 cm³/mol. The number of carbonyl (C=O) groups excluding carboxylic acids is 3. The van der Waals surface area contributed by atoms with E-state index in [9.17, 15) is 24.5 Å². The lowest BCUT2D eigenvalue weighted by atomic mass is 10.0. The molecule has 184 valence electrons. The molecule has 1 aliphatic heterocycles. The SMILES string of the molecule is Cc1c(/C=C2\C(=O)NC(=O)N(c3ccc(Cl)cc3)C2=O)c2ccccc2n1Cc1ccc([N+](=O)[O-])cc1. The van der Waals surface area contributed by atoms with Gasteiger partial charge in [0.15, 0.2) is 0 Å². The minimum absolute atomic E-state index is 0.00451. The van der Waals surface area contributed by atoms with E-state index in [1.807, 2.05) is 35.8 Å². The number of hydrogen-bond donors (Lipinski definition) is 1. The summed E-state index contributed by atoms with van der Waals surface area (Å²) in [5, 5.41) is 14.5. The third kappa shape index (κ3) is 4.36. The van der Waals surface area contributed by atoms with Crippen molar-refractivity contribution in [3.63, 3.8) is 0 Å². The van der Waals surface area contributed by atoms with Crippen LogP contribution >= 0.6 is 11.6 Å². The molecule has 1 aromatic heterocycles. The third-order valence-corrected chi connectivity index (χ3v) is 6.49. The number of fused-ring (bicyclic) bond motifs is 1. The number of nitrogens with zero attached hydrogens (tertiary/aromatic N) is 3. The largest absolute Gasteiger partial charge is 0.340 e. The monoisotopic (exact) mass is 514 g/mol. The number of hydrogen-bond acceptors (Lipinski definition) is 5. The van der Waals surface area contributed by atoms with Crippen LogP contribution in [0, 0.1) is 17.0 Å². The molecule has 1 aliphatic rings. The van der Waals surface area contributed by atoms with Crippen LogP contribution < -0.4 is 10.2 Å². The van der Waals surface area contributed by atoms with Crippen molar-refractivity contribution in [2.24, 2.45) is 0 Å². The molecular formula is C27H19ClN4O5. The number of barbiturate groups is 1. The molecule has 10 heteroatoms. The fourth-order valence-electron chi connectivity index (χ4n) is 4.38. The van der Waals surface area contributed by atoms with Crippen molar-refractivity contribution in [2.45, 2.75) is 13.5 Å². The fraction of sp³-hybridized carbons (Fsp3) is 0.0741. The first kappa shape index (κ1) is 24.0. The van der Waals surface area contributed by atoms with Crippen LogP contribution in [0.3, 0.4) is 0 Å². The molecule has 0 bridgehead atoms. The maximum atomic E-state index is 13.3. The van der Waals surface area contributed by atoms with Gasteiger partial charge in [-0.2, -0.15) is 0 Å². The Morgan fingerprint density at radius 1 is 0.973 bits per heavy atom. The van der Waals surface area contributed by atoms with Gasteiger partial charge in [-0.05, 0) is 48.9 Å². The van der Waals surface area contributed by atoms with Crippen molar-refractivity contribution < 1.29 is 19.3 Å². The minimum atomic E-state index is -0.841. The minimum Gasteiger partial charge on any atom is -0.340 e. The number of nitro benzene ring substituents is 1. The molecule has 5 rings (SSSR count). The van der Waals surface area contributed by atoms with E-state index < -0.39 is 22.8 Å². The van der Waals surface area contributed by atoms with E-state index in [4.69, 9.17) is 11.6 Å². The topological polar surface area (TPSA) is 115 Å². The Labute approximate surface area is 215 Å². The number of nitro groups is 1. The molecule has 1 saturated heterocycles. The summed E-state index contributed by atoms with van der Waals surface area (Å²) in [6, 6.07) is 19.1. The summed E-state index contributed by atoms with van der Waals surface area (Å²) in [5.74, 6) is -1.53. The molecule has 4 amide bonds. The number of benzene rings is 3. The number of non-ortho nitro benzene ring substituents is 1. The molecular weight excluding hydrogens is 496 g/mol. The van der Waals surface area contributed by atoms with Crippen molar-refractivity contribution in [3.8, 4) is 0 Å². The van der Waals surface area contributed by atoms with Crippen LogP contribution in [0.25, 0.3) is 17.0 Å². The zero-order valence-corrected chi connectivity index (χ0v) is 20.2. The van der Waals surface area contributed by atoms with E-state index in [0.717, 1.165) is 27.1 Å². The first-order valence-electron chi connectivity index (χ1n) is 11.2. The second-order valence-corrected chi connectivity index (χ2v) is 8.90. The number of nitrogens with one attached hydrogen (secondary N) is 1. The van der Waals surface area contributed by atoms with Gasteiger partial charge < -0.3 is 4.57 Å². The number of amides is 4. The summed E-state index contributed by atoms with van der Waals surface area (Å²) < 4.78 is 2.01. The molecule has 0 unspecified atom stereocenters. The lowest BCUT2D eigenvalue weighted by Gasteiger charge is -2.26. The van der Waals surface area contributed by atoms with Gasteiger partial charge in [0.1, 0.15) is 5.57 Å². The van der Waals surface area contributed by atoms with Crippen LogP contribution in [0.15, 0.2) is 78.4 Å². The highest BCUT2D eigenvalue weighted by Crippen LogP contribution is 2.31. The number of imide groups is 2. The molecule has 0 spiro atoms. The second-order valence-electron chi connectivity index (χ2n) is 8.46. The van der Waals surface area contributed by atoms with E-state index in [2.05, 4.69) is 5.32 Å². The van der Waals surface area contributed by atoms with Gasteiger partial charge >= 0.3 is 6.03 Å². The summed E-state index contributed by atoms with van der Waals surface area (Å²) in [4.78, 5) is 50.1. The maximum Gasteiger partial charge on any atom is 0.335 e. The van der Waals surface area contributed by atoms with Crippen LogP contribution in [-0.2, 0) is 16.1 Å². The predicted octanol–water partition coefficient (Wildman–Crippen LogP) is 5.23. The van der Waals surface area contributed by atoms with Gasteiger partial charge in [-0.15, -0.1) is 0 Å². The van der Waals surface area contributed by atoms with Crippen LogP contribution in [0.2, 0.25) is 5.02 Å². The van der Waals surface area contributed by atoms with Gasteiger partial charge in [0, 0.05) is 45.9 Å². The van der Waals surface area contributed by atoms with Gasteiger partial charge in [0.25, 0.3) is 17.5 Å². The summed E-state index contributed by atoms with van der Waals surface area (Å²) in [7, 11) is 0. The van der Waals surface area contributed by atoms with Gasteiger partial charge in [-0.1, -0.05) is 41.9 Å². The summed E-state index contributed by atoms with van der Waals surface area (Å²) >= 11 is 5.94. The molecule has 0 saturated carbocycles. The Kier molecular flexibility index (Phi) is 6.06. The first-order valence-corrected chi connectivity index (χ1v) is 11.6. The maximum absolute atomic E-state index is 13.3.